The Balaban J connectivity index is 1.42. The summed E-state index contributed by atoms with van der Waals surface area (Å²) in [7, 11) is 0. The van der Waals surface area contributed by atoms with Crippen molar-refractivity contribution < 1.29 is 14.4 Å². The van der Waals surface area contributed by atoms with Crippen LogP contribution >= 0.6 is 0 Å². The minimum absolute atomic E-state index is 0.0856. The van der Waals surface area contributed by atoms with Crippen molar-refractivity contribution in [1.29, 1.82) is 0 Å². The molecule has 0 fully saturated rings. The zero-order valence-electron chi connectivity index (χ0n) is 21.3. The van der Waals surface area contributed by atoms with Crippen molar-refractivity contribution >= 4 is 12.3 Å². The zero-order chi connectivity index (χ0) is 26.9. The second kappa shape index (κ2) is 12.4. The third-order valence-corrected chi connectivity index (χ3v) is 6.58. The lowest BCUT2D eigenvalue weighted by molar-refractivity contribution is -0.115. The van der Waals surface area contributed by atoms with Crippen molar-refractivity contribution in [2.24, 2.45) is 0 Å². The van der Waals surface area contributed by atoms with E-state index in [-0.39, 0.29) is 17.6 Å². The van der Waals surface area contributed by atoms with Crippen molar-refractivity contribution in [3.8, 4) is 16.9 Å². The Kier molecular flexibility index (Phi) is 8.10. The molecule has 0 spiro atoms. The van der Waals surface area contributed by atoms with Crippen LogP contribution < -0.4 is 15.6 Å². The van der Waals surface area contributed by atoms with E-state index in [1.165, 1.54) is 0 Å². The Bertz CT molecular complexity index is 1480. The molecule has 0 saturated heterocycles. The molecule has 0 atom stereocenters. The first-order valence-electron chi connectivity index (χ1n) is 12.8. The van der Waals surface area contributed by atoms with Gasteiger partial charge in [-0.05, 0) is 45.5 Å². The highest BCUT2D eigenvalue weighted by molar-refractivity contribution is 5.97. The van der Waals surface area contributed by atoms with Gasteiger partial charge in [0.2, 0.25) is 6.41 Å². The van der Waals surface area contributed by atoms with E-state index in [1.807, 2.05) is 91.0 Å². The highest BCUT2D eigenvalue weighted by Gasteiger charge is 2.21. The van der Waals surface area contributed by atoms with Gasteiger partial charge in [-0.3, -0.25) is 9.59 Å². The highest BCUT2D eigenvalue weighted by Crippen LogP contribution is 2.34. The van der Waals surface area contributed by atoms with Crippen LogP contribution in [0.4, 0.5) is 0 Å². The number of hydrogen-bond acceptors (Lipinski definition) is 3. The normalized spacial score (nSPS) is 10.6. The van der Waals surface area contributed by atoms with Gasteiger partial charge in [0.25, 0.3) is 5.91 Å². The standard InChI is InChI=1S/C34H28N2O3/c37-24-36-39-32-21-20-30(33(28-12-6-2-7-13-28)29-14-8-3-9-15-29)22-31(32)34(38)35-23-25-16-18-27(19-17-25)26-10-4-1-5-11-26/h1-22,24,33H,23H2,(H,35,38)(H,36,37). The first-order valence-corrected chi connectivity index (χ1v) is 12.8. The Morgan fingerprint density at radius 3 is 1.82 bits per heavy atom. The van der Waals surface area contributed by atoms with E-state index in [0.717, 1.165) is 33.4 Å². The van der Waals surface area contributed by atoms with Gasteiger partial charge in [0.15, 0.2) is 5.75 Å². The molecule has 2 N–H and O–H groups in total. The molecule has 192 valence electrons. The predicted molar refractivity (Wildman–Crippen MR) is 153 cm³/mol. The molecule has 5 aromatic carbocycles. The van der Waals surface area contributed by atoms with E-state index >= 15 is 0 Å². The van der Waals surface area contributed by atoms with Crippen LogP contribution in [0.5, 0.6) is 5.75 Å². The number of carbonyl (C=O) groups is 2. The Hall–Kier alpha value is -5.16. The van der Waals surface area contributed by atoms with E-state index < -0.39 is 0 Å². The molecule has 0 aliphatic heterocycles. The molecule has 0 heterocycles. The van der Waals surface area contributed by atoms with Gasteiger partial charge >= 0.3 is 0 Å². The topological polar surface area (TPSA) is 67.4 Å². The quantitative estimate of drug-likeness (QED) is 0.127. The van der Waals surface area contributed by atoms with Crippen molar-refractivity contribution in [2.75, 3.05) is 0 Å². The van der Waals surface area contributed by atoms with Crippen molar-refractivity contribution in [1.82, 2.24) is 10.8 Å². The summed E-state index contributed by atoms with van der Waals surface area (Å²) < 4.78 is 0. The van der Waals surface area contributed by atoms with Gasteiger partial charge in [-0.2, -0.15) is 5.48 Å². The summed E-state index contributed by atoms with van der Waals surface area (Å²) >= 11 is 0. The lowest BCUT2D eigenvalue weighted by Crippen LogP contribution is -2.25. The van der Waals surface area contributed by atoms with Crippen LogP contribution in [0.15, 0.2) is 133 Å². The highest BCUT2D eigenvalue weighted by atomic mass is 16.7. The third-order valence-electron chi connectivity index (χ3n) is 6.58. The van der Waals surface area contributed by atoms with E-state index in [1.54, 1.807) is 6.07 Å². The largest absolute Gasteiger partial charge is 0.379 e. The fraction of sp³-hybridized carbons (Fsp3) is 0.0588. The molecular formula is C34H28N2O3. The molecule has 0 unspecified atom stereocenters. The number of benzene rings is 5. The molecule has 0 bridgehead atoms. The molecular weight excluding hydrogens is 484 g/mol. The second-order valence-electron chi connectivity index (χ2n) is 9.09. The molecule has 5 aromatic rings. The fourth-order valence-electron chi connectivity index (χ4n) is 4.67. The van der Waals surface area contributed by atoms with Gasteiger partial charge in [0.05, 0.1) is 5.56 Å². The summed E-state index contributed by atoms with van der Waals surface area (Å²) in [5.74, 6) is -0.119. The molecule has 5 nitrogen and oxygen atoms in total. The second-order valence-corrected chi connectivity index (χ2v) is 9.09. The maximum Gasteiger partial charge on any atom is 0.255 e. The molecule has 0 saturated carbocycles. The van der Waals surface area contributed by atoms with Gasteiger partial charge in [0, 0.05) is 12.5 Å². The third kappa shape index (κ3) is 6.22. The lowest BCUT2D eigenvalue weighted by Gasteiger charge is -2.20. The summed E-state index contributed by atoms with van der Waals surface area (Å²) in [6.45, 7) is 0.347. The number of carbonyl (C=O) groups excluding carboxylic acids is 2. The van der Waals surface area contributed by atoms with Crippen molar-refractivity contribution in [3.05, 3.63) is 161 Å². The Morgan fingerprint density at radius 1 is 0.667 bits per heavy atom. The smallest absolute Gasteiger partial charge is 0.255 e. The summed E-state index contributed by atoms with van der Waals surface area (Å²) in [5, 5.41) is 3.00. The van der Waals surface area contributed by atoms with Crippen molar-refractivity contribution in [2.45, 2.75) is 12.5 Å². The molecule has 0 radical (unpaired) electrons. The van der Waals surface area contributed by atoms with Crippen LogP contribution in [0.1, 0.15) is 38.5 Å². The summed E-state index contributed by atoms with van der Waals surface area (Å²) in [6, 6.07) is 44.0. The molecule has 0 aliphatic rings. The Morgan fingerprint density at radius 2 is 1.23 bits per heavy atom. The molecule has 39 heavy (non-hydrogen) atoms. The van der Waals surface area contributed by atoms with Gasteiger partial charge in [0.1, 0.15) is 0 Å². The zero-order valence-corrected chi connectivity index (χ0v) is 21.3. The van der Waals surface area contributed by atoms with Crippen LogP contribution in [0.25, 0.3) is 11.1 Å². The molecule has 5 heteroatoms. The first-order chi connectivity index (χ1) is 19.2. The summed E-state index contributed by atoms with van der Waals surface area (Å²) in [5.41, 5.74) is 8.91. The molecule has 0 aliphatic carbocycles. The van der Waals surface area contributed by atoms with Crippen LogP contribution in [0.3, 0.4) is 0 Å². The minimum atomic E-state index is -0.299. The van der Waals surface area contributed by atoms with Gasteiger partial charge < -0.3 is 10.2 Å². The molecule has 5 rings (SSSR count). The molecule has 2 amide bonds. The SMILES string of the molecule is O=CNOc1ccc(C(c2ccccc2)c2ccccc2)cc1C(=O)NCc1ccc(-c2ccccc2)cc1. The fourth-order valence-corrected chi connectivity index (χ4v) is 4.67. The maximum absolute atomic E-state index is 13.4. The van der Waals surface area contributed by atoms with Crippen LogP contribution in [0.2, 0.25) is 0 Å². The number of hydrogen-bond donors (Lipinski definition) is 2. The van der Waals surface area contributed by atoms with Crippen LogP contribution in [-0.2, 0) is 11.3 Å². The number of amides is 2. The monoisotopic (exact) mass is 512 g/mol. The van der Waals surface area contributed by atoms with E-state index in [4.69, 9.17) is 4.84 Å². The lowest BCUT2D eigenvalue weighted by atomic mass is 9.84. The average molecular weight is 513 g/mol. The maximum atomic E-state index is 13.4. The predicted octanol–water partition coefficient (Wildman–Crippen LogP) is 6.50. The van der Waals surface area contributed by atoms with Gasteiger partial charge in [-0.15, -0.1) is 0 Å². The van der Waals surface area contributed by atoms with Crippen LogP contribution in [-0.4, -0.2) is 12.3 Å². The molecule has 0 aromatic heterocycles. The number of nitrogens with one attached hydrogen (secondary N) is 2. The average Bonchev–Trinajstić information content (AvgIpc) is 3.01. The summed E-state index contributed by atoms with van der Waals surface area (Å²) in [4.78, 5) is 29.7. The van der Waals surface area contributed by atoms with Crippen molar-refractivity contribution in [3.63, 3.8) is 0 Å². The van der Waals surface area contributed by atoms with E-state index in [2.05, 4.69) is 47.2 Å². The number of hydroxylamine groups is 1. The Labute approximate surface area is 228 Å². The summed E-state index contributed by atoms with van der Waals surface area (Å²) in [6.07, 6.45) is 0.431. The van der Waals surface area contributed by atoms with Crippen LogP contribution in [0, 0.1) is 0 Å². The van der Waals surface area contributed by atoms with Gasteiger partial charge in [-0.1, -0.05) is 121 Å². The minimum Gasteiger partial charge on any atom is -0.379 e. The van der Waals surface area contributed by atoms with Gasteiger partial charge in [-0.25, -0.2) is 0 Å². The van der Waals surface area contributed by atoms with E-state index in [0.29, 0.717) is 18.5 Å². The first kappa shape index (κ1) is 25.5. The van der Waals surface area contributed by atoms with E-state index in [9.17, 15) is 9.59 Å². The number of rotatable bonds is 10.